The van der Waals surface area contributed by atoms with E-state index in [4.69, 9.17) is 15.0 Å². The lowest BCUT2D eigenvalue weighted by Gasteiger charge is -2.07. The molecule has 126 valence electrons. The van der Waals surface area contributed by atoms with Gasteiger partial charge in [-0.15, -0.1) is 12.4 Å². The van der Waals surface area contributed by atoms with Gasteiger partial charge in [0.05, 0.1) is 18.5 Å². The van der Waals surface area contributed by atoms with Crippen LogP contribution in [-0.4, -0.2) is 18.2 Å². The molecule has 0 aliphatic heterocycles. The number of amides is 1. The Morgan fingerprint density at radius 3 is 2.61 bits per heavy atom. The van der Waals surface area contributed by atoms with Crippen molar-refractivity contribution in [3.8, 4) is 5.75 Å². The van der Waals surface area contributed by atoms with Gasteiger partial charge in [0.1, 0.15) is 5.75 Å². The van der Waals surface area contributed by atoms with Crippen molar-refractivity contribution in [1.82, 2.24) is 5.16 Å². The third kappa shape index (κ3) is 4.39. The molecule has 1 heterocycles. The standard InChI is InChI=1S/C16H21N3O3.ClH/c1-4-10(5-2)13-9-15(22-19-13)16(20)18-11-6-7-14(21-3)12(17)8-11;/h6-10H,4-5,17H2,1-3H3,(H,18,20);1H. The summed E-state index contributed by atoms with van der Waals surface area (Å²) in [4.78, 5) is 12.2. The first-order valence-corrected chi connectivity index (χ1v) is 7.30. The lowest BCUT2D eigenvalue weighted by molar-refractivity contribution is 0.0988. The van der Waals surface area contributed by atoms with E-state index in [9.17, 15) is 4.79 Å². The van der Waals surface area contributed by atoms with Gasteiger partial charge in [0.15, 0.2) is 0 Å². The van der Waals surface area contributed by atoms with Crippen LogP contribution in [0, 0.1) is 0 Å². The third-order valence-corrected chi connectivity index (χ3v) is 3.64. The van der Waals surface area contributed by atoms with Crippen molar-refractivity contribution in [3.63, 3.8) is 0 Å². The smallest absolute Gasteiger partial charge is 0.294 e. The lowest BCUT2D eigenvalue weighted by atomic mass is 9.99. The van der Waals surface area contributed by atoms with Crippen molar-refractivity contribution < 1.29 is 14.1 Å². The SMILES string of the molecule is CCC(CC)c1cc(C(=O)Nc2ccc(OC)c(N)c2)on1.Cl. The van der Waals surface area contributed by atoms with E-state index in [-0.39, 0.29) is 24.1 Å². The van der Waals surface area contributed by atoms with E-state index in [0.29, 0.717) is 23.0 Å². The van der Waals surface area contributed by atoms with Gasteiger partial charge in [-0.2, -0.15) is 0 Å². The maximum Gasteiger partial charge on any atom is 0.294 e. The minimum Gasteiger partial charge on any atom is -0.495 e. The molecule has 6 nitrogen and oxygen atoms in total. The fourth-order valence-electron chi connectivity index (χ4n) is 2.30. The van der Waals surface area contributed by atoms with Gasteiger partial charge in [-0.3, -0.25) is 4.79 Å². The highest BCUT2D eigenvalue weighted by Crippen LogP contribution is 2.26. The normalized spacial score (nSPS) is 10.3. The van der Waals surface area contributed by atoms with Gasteiger partial charge in [0.2, 0.25) is 5.76 Å². The molecule has 2 rings (SSSR count). The van der Waals surface area contributed by atoms with Crippen molar-refractivity contribution in [2.45, 2.75) is 32.6 Å². The molecule has 0 radical (unpaired) electrons. The Bertz CT molecular complexity index is 654. The molecule has 1 aromatic heterocycles. The fourth-order valence-corrected chi connectivity index (χ4v) is 2.30. The van der Waals surface area contributed by atoms with E-state index in [0.717, 1.165) is 18.5 Å². The summed E-state index contributed by atoms with van der Waals surface area (Å²) in [5, 5.41) is 6.72. The quantitative estimate of drug-likeness (QED) is 0.780. The second-order valence-corrected chi connectivity index (χ2v) is 5.04. The molecule has 3 N–H and O–H groups in total. The Morgan fingerprint density at radius 1 is 1.35 bits per heavy atom. The third-order valence-electron chi connectivity index (χ3n) is 3.64. The second kappa shape index (κ2) is 8.43. The number of nitrogens with one attached hydrogen (secondary N) is 1. The first-order valence-electron chi connectivity index (χ1n) is 7.30. The molecular weight excluding hydrogens is 318 g/mol. The Labute approximate surface area is 141 Å². The molecule has 7 heteroatoms. The van der Waals surface area contributed by atoms with E-state index in [1.807, 2.05) is 0 Å². The van der Waals surface area contributed by atoms with Crippen molar-refractivity contribution in [2.24, 2.45) is 0 Å². The fraction of sp³-hybridized carbons (Fsp3) is 0.375. The number of hydrogen-bond acceptors (Lipinski definition) is 5. The number of aromatic nitrogens is 1. The Hall–Kier alpha value is -2.21. The van der Waals surface area contributed by atoms with E-state index in [1.165, 1.54) is 7.11 Å². The molecule has 0 unspecified atom stereocenters. The van der Waals surface area contributed by atoms with Crippen molar-refractivity contribution >= 4 is 29.7 Å². The number of halogens is 1. The summed E-state index contributed by atoms with van der Waals surface area (Å²) >= 11 is 0. The predicted molar refractivity (Wildman–Crippen MR) is 92.4 cm³/mol. The number of methoxy groups -OCH3 is 1. The zero-order valence-corrected chi connectivity index (χ0v) is 14.3. The zero-order valence-electron chi connectivity index (χ0n) is 13.5. The summed E-state index contributed by atoms with van der Waals surface area (Å²) in [5.41, 5.74) is 7.65. The van der Waals surface area contributed by atoms with Gasteiger partial charge < -0.3 is 20.3 Å². The van der Waals surface area contributed by atoms with Crippen LogP contribution in [0.5, 0.6) is 5.75 Å². The van der Waals surface area contributed by atoms with Crippen LogP contribution in [0.2, 0.25) is 0 Å². The monoisotopic (exact) mass is 339 g/mol. The largest absolute Gasteiger partial charge is 0.495 e. The first-order chi connectivity index (χ1) is 10.6. The van der Waals surface area contributed by atoms with E-state index in [1.54, 1.807) is 24.3 Å². The number of carbonyl (C=O) groups is 1. The van der Waals surface area contributed by atoms with E-state index in [2.05, 4.69) is 24.3 Å². The van der Waals surface area contributed by atoms with Gasteiger partial charge in [0.25, 0.3) is 5.91 Å². The minimum absolute atomic E-state index is 0. The first kappa shape index (κ1) is 18.8. The van der Waals surface area contributed by atoms with Gasteiger partial charge in [0, 0.05) is 17.7 Å². The molecule has 0 atom stereocenters. The molecule has 0 saturated carbocycles. The Morgan fingerprint density at radius 2 is 2.04 bits per heavy atom. The van der Waals surface area contributed by atoms with Crippen LogP contribution < -0.4 is 15.8 Å². The molecule has 0 aliphatic rings. The zero-order chi connectivity index (χ0) is 16.1. The molecule has 1 aromatic carbocycles. The molecule has 2 aromatic rings. The molecule has 0 spiro atoms. The highest BCUT2D eigenvalue weighted by atomic mass is 35.5. The van der Waals surface area contributed by atoms with Crippen molar-refractivity contribution in [3.05, 3.63) is 35.7 Å². The van der Waals surface area contributed by atoms with Crippen LogP contribution in [0.3, 0.4) is 0 Å². The molecule has 0 aliphatic carbocycles. The lowest BCUT2D eigenvalue weighted by Crippen LogP contribution is -2.11. The maximum absolute atomic E-state index is 12.2. The highest BCUT2D eigenvalue weighted by molar-refractivity contribution is 6.02. The summed E-state index contributed by atoms with van der Waals surface area (Å²) in [6, 6.07) is 6.74. The Kier molecular flexibility index (Phi) is 6.90. The predicted octanol–water partition coefficient (Wildman–Crippen LogP) is 3.84. The maximum atomic E-state index is 12.2. The molecule has 0 bridgehead atoms. The summed E-state index contributed by atoms with van der Waals surface area (Å²) in [6.45, 7) is 4.17. The van der Waals surface area contributed by atoms with E-state index < -0.39 is 0 Å². The van der Waals surface area contributed by atoms with Crippen LogP contribution >= 0.6 is 12.4 Å². The molecular formula is C16H22ClN3O3. The van der Waals surface area contributed by atoms with Gasteiger partial charge in [-0.05, 0) is 31.0 Å². The number of rotatable bonds is 6. The van der Waals surface area contributed by atoms with Gasteiger partial charge in [-0.1, -0.05) is 19.0 Å². The number of nitrogens with zero attached hydrogens (tertiary/aromatic N) is 1. The van der Waals surface area contributed by atoms with Crippen LogP contribution in [0.25, 0.3) is 0 Å². The topological polar surface area (TPSA) is 90.4 Å². The number of anilines is 2. The number of ether oxygens (including phenoxy) is 1. The summed E-state index contributed by atoms with van der Waals surface area (Å²) in [7, 11) is 1.54. The summed E-state index contributed by atoms with van der Waals surface area (Å²) in [6.07, 6.45) is 1.91. The van der Waals surface area contributed by atoms with Crippen LogP contribution in [0.4, 0.5) is 11.4 Å². The van der Waals surface area contributed by atoms with E-state index >= 15 is 0 Å². The number of carbonyl (C=O) groups excluding carboxylic acids is 1. The number of nitrogen functional groups attached to an aromatic ring is 1. The molecule has 0 saturated heterocycles. The number of benzene rings is 1. The molecule has 0 fully saturated rings. The molecule has 23 heavy (non-hydrogen) atoms. The van der Waals surface area contributed by atoms with Gasteiger partial charge >= 0.3 is 0 Å². The van der Waals surface area contributed by atoms with Crippen LogP contribution in [0.15, 0.2) is 28.8 Å². The van der Waals surface area contributed by atoms with Crippen LogP contribution in [0.1, 0.15) is 48.9 Å². The average molecular weight is 340 g/mol. The highest BCUT2D eigenvalue weighted by Gasteiger charge is 2.17. The van der Waals surface area contributed by atoms with Crippen LogP contribution in [-0.2, 0) is 0 Å². The van der Waals surface area contributed by atoms with Crippen molar-refractivity contribution in [1.29, 1.82) is 0 Å². The minimum atomic E-state index is -0.353. The number of nitrogens with two attached hydrogens (primary N) is 1. The van der Waals surface area contributed by atoms with Gasteiger partial charge in [-0.25, -0.2) is 0 Å². The molecule has 1 amide bonds. The van der Waals surface area contributed by atoms with Crippen molar-refractivity contribution in [2.75, 3.05) is 18.2 Å². The second-order valence-electron chi connectivity index (χ2n) is 5.04. The summed E-state index contributed by atoms with van der Waals surface area (Å²) < 4.78 is 10.2. The summed E-state index contributed by atoms with van der Waals surface area (Å²) in [5.74, 6) is 0.709. The Balaban J connectivity index is 0.00000264. The number of hydrogen-bond donors (Lipinski definition) is 2. The average Bonchev–Trinajstić information content (AvgIpc) is 2.99.